The Morgan fingerprint density at radius 2 is 1.92 bits per heavy atom. The van der Waals surface area contributed by atoms with Crippen LogP contribution in [0.1, 0.15) is 44.9 Å². The molecule has 0 spiro atoms. The normalized spacial score (nSPS) is 31.2. The van der Waals surface area contributed by atoms with Crippen molar-refractivity contribution in [3.8, 4) is 0 Å². The molecule has 0 aromatic heterocycles. The lowest BCUT2D eigenvalue weighted by atomic mass is 9.65. The lowest BCUT2D eigenvalue weighted by Crippen LogP contribution is -2.48. The van der Waals surface area contributed by atoms with Crippen molar-refractivity contribution in [2.45, 2.75) is 51.0 Å². The standard InChI is InChI=1S/C20H26FN3O2/c21-16-11-15(6-7-17(16)24-8-2-5-18(24)25)23-20(26)14-9-12-3-1-4-13(10-14)19(12)22/h6-7,11-14,19H,1-5,8-10,22H2,(H,23,26). The van der Waals surface area contributed by atoms with Gasteiger partial charge in [-0.15, -0.1) is 0 Å². The zero-order valence-corrected chi connectivity index (χ0v) is 14.9. The van der Waals surface area contributed by atoms with Gasteiger partial charge in [-0.1, -0.05) is 6.42 Å². The molecule has 3 fully saturated rings. The highest BCUT2D eigenvalue weighted by Gasteiger charge is 2.40. The summed E-state index contributed by atoms with van der Waals surface area (Å²) in [4.78, 5) is 25.9. The summed E-state index contributed by atoms with van der Waals surface area (Å²) in [6.07, 6.45) is 6.29. The Kier molecular flexibility index (Phi) is 4.69. The van der Waals surface area contributed by atoms with Crippen LogP contribution in [0, 0.1) is 23.6 Å². The number of nitrogens with one attached hydrogen (secondary N) is 1. The number of rotatable bonds is 3. The molecule has 2 aliphatic carbocycles. The van der Waals surface area contributed by atoms with Gasteiger partial charge in [-0.2, -0.15) is 0 Å². The zero-order valence-electron chi connectivity index (χ0n) is 14.9. The van der Waals surface area contributed by atoms with Crippen LogP contribution in [0.5, 0.6) is 0 Å². The van der Waals surface area contributed by atoms with Gasteiger partial charge in [-0.05, 0) is 62.1 Å². The molecule has 0 radical (unpaired) electrons. The van der Waals surface area contributed by atoms with Gasteiger partial charge in [-0.3, -0.25) is 9.59 Å². The average molecular weight is 359 g/mol. The Balaban J connectivity index is 1.43. The van der Waals surface area contributed by atoms with E-state index in [2.05, 4.69) is 5.32 Å². The second kappa shape index (κ2) is 6.99. The van der Waals surface area contributed by atoms with Crippen molar-refractivity contribution >= 4 is 23.2 Å². The zero-order chi connectivity index (χ0) is 18.3. The van der Waals surface area contributed by atoms with E-state index in [1.165, 1.54) is 17.4 Å². The molecule has 2 amide bonds. The minimum Gasteiger partial charge on any atom is -0.327 e. The quantitative estimate of drug-likeness (QED) is 0.871. The number of nitrogens with two attached hydrogens (primary N) is 1. The molecule has 26 heavy (non-hydrogen) atoms. The van der Waals surface area contributed by atoms with Gasteiger partial charge in [0.15, 0.2) is 0 Å². The first-order chi connectivity index (χ1) is 12.5. The molecule has 2 bridgehead atoms. The molecular weight excluding hydrogens is 333 g/mol. The van der Waals surface area contributed by atoms with Crippen LogP contribution < -0.4 is 16.0 Å². The predicted molar refractivity (Wildman–Crippen MR) is 98.1 cm³/mol. The molecule has 2 unspecified atom stereocenters. The first-order valence-electron chi connectivity index (χ1n) is 9.69. The van der Waals surface area contributed by atoms with Crippen LogP contribution in [0.3, 0.4) is 0 Å². The summed E-state index contributed by atoms with van der Waals surface area (Å²) in [6, 6.07) is 4.80. The third-order valence-corrected chi connectivity index (χ3v) is 6.36. The maximum atomic E-state index is 14.4. The highest BCUT2D eigenvalue weighted by Crippen LogP contribution is 2.42. The van der Waals surface area contributed by atoms with Gasteiger partial charge in [0.1, 0.15) is 5.82 Å². The molecule has 4 rings (SSSR count). The van der Waals surface area contributed by atoms with Crippen molar-refractivity contribution < 1.29 is 14.0 Å². The Morgan fingerprint density at radius 3 is 2.54 bits per heavy atom. The van der Waals surface area contributed by atoms with Gasteiger partial charge in [0.2, 0.25) is 11.8 Å². The second-order valence-electron chi connectivity index (χ2n) is 8.00. The van der Waals surface area contributed by atoms with Gasteiger partial charge in [0.25, 0.3) is 0 Å². The van der Waals surface area contributed by atoms with Crippen LogP contribution in [0.15, 0.2) is 18.2 Å². The summed E-state index contributed by atoms with van der Waals surface area (Å²) in [5.41, 5.74) is 7.04. The number of fused-ring (bicyclic) bond motifs is 2. The second-order valence-corrected chi connectivity index (χ2v) is 8.00. The van der Waals surface area contributed by atoms with Crippen molar-refractivity contribution in [1.29, 1.82) is 0 Å². The smallest absolute Gasteiger partial charge is 0.227 e. The summed E-state index contributed by atoms with van der Waals surface area (Å²) in [5.74, 6) is 0.245. The van der Waals surface area contributed by atoms with Crippen LogP contribution in [-0.2, 0) is 9.59 Å². The Hall–Kier alpha value is -1.95. The molecular formula is C20H26FN3O2. The summed E-state index contributed by atoms with van der Waals surface area (Å²) >= 11 is 0. The largest absolute Gasteiger partial charge is 0.327 e. The van der Waals surface area contributed by atoms with E-state index in [4.69, 9.17) is 5.73 Å². The first kappa shape index (κ1) is 17.5. The molecule has 1 heterocycles. The van der Waals surface area contributed by atoms with Crippen molar-refractivity contribution in [1.82, 2.24) is 0 Å². The van der Waals surface area contributed by atoms with Gasteiger partial charge in [0, 0.05) is 30.6 Å². The number of anilines is 2. The maximum Gasteiger partial charge on any atom is 0.227 e. The number of carbonyl (C=O) groups is 2. The summed E-state index contributed by atoms with van der Waals surface area (Å²) < 4.78 is 14.4. The minimum absolute atomic E-state index is 0.0433. The fourth-order valence-corrected chi connectivity index (χ4v) is 4.95. The average Bonchev–Trinajstić information content (AvgIpc) is 3.00. The monoisotopic (exact) mass is 359 g/mol. The van der Waals surface area contributed by atoms with Gasteiger partial charge in [-0.25, -0.2) is 4.39 Å². The number of hydrogen-bond donors (Lipinski definition) is 2. The predicted octanol–water partition coefficient (Wildman–Crippen LogP) is 3.04. The Bertz CT molecular complexity index is 709. The highest BCUT2D eigenvalue weighted by molar-refractivity contribution is 5.96. The molecule has 1 aromatic rings. The molecule has 3 aliphatic rings. The number of benzene rings is 1. The summed E-state index contributed by atoms with van der Waals surface area (Å²) in [7, 11) is 0. The lowest BCUT2D eigenvalue weighted by Gasteiger charge is -2.43. The fourth-order valence-electron chi connectivity index (χ4n) is 4.95. The van der Waals surface area contributed by atoms with Crippen molar-refractivity contribution in [3.05, 3.63) is 24.0 Å². The third kappa shape index (κ3) is 3.22. The number of nitrogens with zero attached hydrogens (tertiary/aromatic N) is 1. The number of carbonyl (C=O) groups excluding carboxylic acids is 2. The van der Waals surface area contributed by atoms with Crippen LogP contribution in [0.2, 0.25) is 0 Å². The van der Waals surface area contributed by atoms with Gasteiger partial charge < -0.3 is 16.0 Å². The van der Waals surface area contributed by atoms with E-state index in [0.29, 0.717) is 36.2 Å². The van der Waals surface area contributed by atoms with Crippen molar-refractivity contribution in [2.75, 3.05) is 16.8 Å². The lowest BCUT2D eigenvalue weighted by molar-refractivity contribution is -0.122. The molecule has 1 saturated heterocycles. The SMILES string of the molecule is NC1C2CCCC1CC(C(=O)Nc1ccc(N3CCCC3=O)c(F)c1)C2. The molecule has 2 atom stereocenters. The molecule has 2 saturated carbocycles. The van der Waals surface area contributed by atoms with Gasteiger partial charge in [0.05, 0.1) is 5.69 Å². The van der Waals surface area contributed by atoms with E-state index in [1.54, 1.807) is 12.1 Å². The summed E-state index contributed by atoms with van der Waals surface area (Å²) in [6.45, 7) is 0.548. The van der Waals surface area contributed by atoms with E-state index in [0.717, 1.165) is 32.1 Å². The van der Waals surface area contributed by atoms with Crippen molar-refractivity contribution in [2.24, 2.45) is 23.5 Å². The van der Waals surface area contributed by atoms with Crippen LogP contribution in [-0.4, -0.2) is 24.4 Å². The number of amides is 2. The van der Waals surface area contributed by atoms with E-state index in [1.807, 2.05) is 0 Å². The molecule has 1 aliphatic heterocycles. The number of halogens is 1. The van der Waals surface area contributed by atoms with E-state index in [-0.39, 0.29) is 23.8 Å². The van der Waals surface area contributed by atoms with Gasteiger partial charge >= 0.3 is 0 Å². The Morgan fingerprint density at radius 1 is 1.19 bits per heavy atom. The molecule has 1 aromatic carbocycles. The maximum absolute atomic E-state index is 14.4. The van der Waals surface area contributed by atoms with E-state index >= 15 is 0 Å². The minimum atomic E-state index is -0.472. The van der Waals surface area contributed by atoms with Crippen LogP contribution in [0.4, 0.5) is 15.8 Å². The Labute approximate surface area is 153 Å². The molecule has 6 heteroatoms. The van der Waals surface area contributed by atoms with Crippen LogP contribution in [0.25, 0.3) is 0 Å². The third-order valence-electron chi connectivity index (χ3n) is 6.36. The fraction of sp³-hybridized carbons (Fsp3) is 0.600. The topological polar surface area (TPSA) is 75.4 Å². The molecule has 140 valence electrons. The van der Waals surface area contributed by atoms with Crippen molar-refractivity contribution in [3.63, 3.8) is 0 Å². The summed E-state index contributed by atoms with van der Waals surface area (Å²) in [5, 5.41) is 2.86. The first-order valence-corrected chi connectivity index (χ1v) is 9.69. The van der Waals surface area contributed by atoms with E-state index < -0.39 is 5.82 Å². The molecule has 3 N–H and O–H groups in total. The number of hydrogen-bond acceptors (Lipinski definition) is 3. The molecule has 5 nitrogen and oxygen atoms in total. The van der Waals surface area contributed by atoms with E-state index in [9.17, 15) is 14.0 Å². The highest BCUT2D eigenvalue weighted by atomic mass is 19.1. The van der Waals surface area contributed by atoms with Crippen LogP contribution >= 0.6 is 0 Å².